The second-order valence-corrected chi connectivity index (χ2v) is 16.1. The third-order valence-corrected chi connectivity index (χ3v) is 12.4. The number of hydrogen-bond donors (Lipinski definition) is 0. The lowest BCUT2D eigenvalue weighted by Crippen LogP contribution is -2.09. The van der Waals surface area contributed by atoms with E-state index in [-0.39, 0.29) is 0 Å². The van der Waals surface area contributed by atoms with E-state index in [0.717, 1.165) is 93.8 Å². The number of benzene rings is 10. The van der Waals surface area contributed by atoms with Gasteiger partial charge in [-0.25, -0.2) is 0 Å². The third-order valence-electron chi connectivity index (χ3n) is 12.4. The molecule has 3 nitrogen and oxygen atoms in total. The molecule has 296 valence electrons. The predicted octanol–water partition coefficient (Wildman–Crippen LogP) is 17.4. The molecule has 0 amide bonds. The van der Waals surface area contributed by atoms with Gasteiger partial charge in [-0.2, -0.15) is 0 Å². The Morgan fingerprint density at radius 3 is 0.952 bits per heavy atom. The van der Waals surface area contributed by atoms with Gasteiger partial charge in [-0.15, -0.1) is 0 Å². The van der Waals surface area contributed by atoms with E-state index in [2.05, 4.69) is 246 Å². The number of anilines is 6. The van der Waals surface area contributed by atoms with E-state index in [0.29, 0.717) is 0 Å². The van der Waals surface area contributed by atoms with Crippen LogP contribution in [-0.4, -0.2) is 0 Å². The van der Waals surface area contributed by atoms with Gasteiger partial charge in [0.2, 0.25) is 0 Å². The van der Waals surface area contributed by atoms with Crippen molar-refractivity contribution in [2.24, 2.45) is 0 Å². The molecule has 0 N–H and O–H groups in total. The van der Waals surface area contributed by atoms with Crippen LogP contribution < -0.4 is 9.80 Å². The average Bonchev–Trinajstić information content (AvgIpc) is 3.72. The van der Waals surface area contributed by atoms with E-state index in [1.807, 2.05) is 6.07 Å². The Balaban J connectivity index is 1.28. The summed E-state index contributed by atoms with van der Waals surface area (Å²) in [6.07, 6.45) is 0. The highest BCUT2D eigenvalue weighted by atomic mass is 16.3. The second-order valence-electron chi connectivity index (χ2n) is 16.1. The van der Waals surface area contributed by atoms with Crippen LogP contribution in [0.15, 0.2) is 247 Å². The minimum absolute atomic E-state index is 0.864. The van der Waals surface area contributed by atoms with Crippen molar-refractivity contribution in [1.29, 1.82) is 0 Å². The molecule has 0 radical (unpaired) electrons. The SMILES string of the molecule is c1ccc(N(c2ccccc2)c2ccc3c4ccccc4c4ccc(N(c5ccccc5)c5ccccc5)cc4c4cc5c(cc4c4ccccc4c3c2)oc2ccccc25)cc1. The summed E-state index contributed by atoms with van der Waals surface area (Å²) in [6.45, 7) is 0. The zero-order chi connectivity index (χ0) is 41.7. The van der Waals surface area contributed by atoms with Crippen LogP contribution in [-0.2, 0) is 0 Å². The lowest BCUT2D eigenvalue weighted by molar-refractivity contribution is 0.669. The van der Waals surface area contributed by atoms with Gasteiger partial charge in [-0.3, -0.25) is 0 Å². The molecule has 0 aliphatic rings. The monoisotopic (exact) mass is 804 g/mol. The van der Waals surface area contributed by atoms with Gasteiger partial charge in [-0.1, -0.05) is 152 Å². The van der Waals surface area contributed by atoms with Crippen molar-refractivity contribution in [3.8, 4) is 0 Å². The van der Waals surface area contributed by atoms with E-state index in [4.69, 9.17) is 4.42 Å². The summed E-state index contributed by atoms with van der Waals surface area (Å²) in [4.78, 5) is 4.70. The summed E-state index contributed by atoms with van der Waals surface area (Å²) < 4.78 is 6.69. The molecule has 0 fully saturated rings. The van der Waals surface area contributed by atoms with Crippen LogP contribution in [0.5, 0.6) is 0 Å². The van der Waals surface area contributed by atoms with Crippen LogP contribution in [0, 0.1) is 0 Å². The summed E-state index contributed by atoms with van der Waals surface area (Å²) in [6, 6.07) is 87.5. The van der Waals surface area contributed by atoms with E-state index in [1.54, 1.807) is 0 Å². The van der Waals surface area contributed by atoms with Crippen molar-refractivity contribution in [2.75, 3.05) is 9.80 Å². The second kappa shape index (κ2) is 15.3. The summed E-state index contributed by atoms with van der Waals surface area (Å²) >= 11 is 0. The van der Waals surface area contributed by atoms with E-state index >= 15 is 0 Å². The maximum atomic E-state index is 6.69. The summed E-state index contributed by atoms with van der Waals surface area (Å²) in [5, 5.41) is 13.7. The van der Waals surface area contributed by atoms with Crippen LogP contribution in [0.2, 0.25) is 0 Å². The first kappa shape index (κ1) is 36.5. The maximum absolute atomic E-state index is 6.69. The highest BCUT2D eigenvalue weighted by molar-refractivity contribution is 6.28. The largest absolute Gasteiger partial charge is 0.456 e. The lowest BCUT2D eigenvalue weighted by Gasteiger charge is -2.26. The first-order valence-electron chi connectivity index (χ1n) is 21.5. The number of nitrogens with zero attached hydrogens (tertiary/aromatic N) is 2. The fourth-order valence-electron chi connectivity index (χ4n) is 9.58. The topological polar surface area (TPSA) is 19.6 Å². The fraction of sp³-hybridized carbons (Fsp3) is 0. The molecule has 0 unspecified atom stereocenters. The summed E-state index contributed by atoms with van der Waals surface area (Å²) in [5.41, 5.74) is 8.27. The van der Waals surface area contributed by atoms with Gasteiger partial charge in [0.25, 0.3) is 0 Å². The molecule has 12 aromatic rings. The van der Waals surface area contributed by atoms with Crippen LogP contribution in [0.3, 0.4) is 0 Å². The Kier molecular flexibility index (Phi) is 8.83. The molecule has 0 spiro atoms. The molecule has 0 saturated carbocycles. The van der Waals surface area contributed by atoms with E-state index in [9.17, 15) is 0 Å². The molecular formula is C60H40N2O. The Labute approximate surface area is 365 Å². The van der Waals surface area contributed by atoms with Crippen LogP contribution in [0.1, 0.15) is 0 Å². The molecule has 0 aliphatic carbocycles. The average molecular weight is 805 g/mol. The summed E-state index contributed by atoms with van der Waals surface area (Å²) in [5.74, 6) is 0. The van der Waals surface area contributed by atoms with Crippen molar-refractivity contribution < 1.29 is 4.42 Å². The Hall–Kier alpha value is -8.40. The first-order chi connectivity index (χ1) is 31.3. The number of fused-ring (bicyclic) bond motifs is 13. The molecule has 12 rings (SSSR count). The highest BCUT2D eigenvalue weighted by Gasteiger charge is 2.18. The van der Waals surface area contributed by atoms with Gasteiger partial charge in [0.05, 0.1) is 0 Å². The van der Waals surface area contributed by atoms with E-state index in [1.165, 1.54) is 16.2 Å². The van der Waals surface area contributed by atoms with E-state index < -0.39 is 0 Å². The molecule has 0 aliphatic heterocycles. The van der Waals surface area contributed by atoms with Gasteiger partial charge < -0.3 is 14.2 Å². The minimum Gasteiger partial charge on any atom is -0.456 e. The normalized spacial score (nSPS) is 11.5. The Morgan fingerprint density at radius 2 is 0.508 bits per heavy atom. The van der Waals surface area contributed by atoms with Gasteiger partial charge in [0, 0.05) is 44.9 Å². The number of furan rings is 1. The molecule has 11 aromatic carbocycles. The molecular weight excluding hydrogens is 765 g/mol. The number of para-hydroxylation sites is 5. The van der Waals surface area contributed by atoms with Crippen molar-refractivity contribution in [3.63, 3.8) is 0 Å². The quantitative estimate of drug-likeness (QED) is 0.167. The summed E-state index contributed by atoms with van der Waals surface area (Å²) in [7, 11) is 0. The zero-order valence-corrected chi connectivity index (χ0v) is 34.4. The van der Waals surface area contributed by atoms with Crippen molar-refractivity contribution in [1.82, 2.24) is 0 Å². The fourth-order valence-corrected chi connectivity index (χ4v) is 9.58. The van der Waals surface area contributed by atoms with Crippen molar-refractivity contribution >= 4 is 110 Å². The molecule has 0 bridgehead atoms. The minimum atomic E-state index is 0.864. The van der Waals surface area contributed by atoms with Crippen molar-refractivity contribution in [2.45, 2.75) is 0 Å². The highest BCUT2D eigenvalue weighted by Crippen LogP contribution is 2.44. The number of hydrogen-bond acceptors (Lipinski definition) is 3. The van der Waals surface area contributed by atoms with Crippen LogP contribution >= 0.6 is 0 Å². The zero-order valence-electron chi connectivity index (χ0n) is 34.4. The third kappa shape index (κ3) is 6.29. The number of rotatable bonds is 6. The smallest absolute Gasteiger partial charge is 0.136 e. The van der Waals surface area contributed by atoms with Crippen molar-refractivity contribution in [3.05, 3.63) is 243 Å². The Bertz CT molecular complexity index is 3650. The predicted molar refractivity (Wildman–Crippen MR) is 268 cm³/mol. The molecule has 0 saturated heterocycles. The van der Waals surface area contributed by atoms with Gasteiger partial charge in [0.1, 0.15) is 11.2 Å². The van der Waals surface area contributed by atoms with Crippen LogP contribution in [0.25, 0.3) is 75.8 Å². The molecule has 1 heterocycles. The van der Waals surface area contributed by atoms with Crippen LogP contribution in [0.4, 0.5) is 34.1 Å². The van der Waals surface area contributed by atoms with Gasteiger partial charge >= 0.3 is 0 Å². The van der Waals surface area contributed by atoms with Gasteiger partial charge in [-0.05, 0) is 145 Å². The maximum Gasteiger partial charge on any atom is 0.136 e. The molecule has 3 heteroatoms. The lowest BCUT2D eigenvalue weighted by atomic mass is 9.93. The molecule has 63 heavy (non-hydrogen) atoms. The molecule has 1 aromatic heterocycles. The first-order valence-corrected chi connectivity index (χ1v) is 21.5. The Morgan fingerprint density at radius 1 is 0.190 bits per heavy atom. The van der Waals surface area contributed by atoms with Gasteiger partial charge in [0.15, 0.2) is 0 Å². The molecule has 0 atom stereocenters. The standard InChI is InChI=1S/C60H40N2O/c1-5-19-41(20-6-1)61(42-21-7-2-8-22-42)45-33-35-51-47-27-13-14-28-48(47)52-36-34-46(62(43-23-9-3-10-24-43)44-25-11-4-12-26-44)38-55(52)56-39-58-53-31-17-18-32-59(53)63-60(58)40-57(56)50-30-16-15-29-49(50)54(51)37-45/h1-40H.